The van der Waals surface area contributed by atoms with Gasteiger partial charge in [-0.15, -0.1) is 0 Å². The van der Waals surface area contributed by atoms with Crippen LogP contribution < -0.4 is 4.90 Å². The van der Waals surface area contributed by atoms with Crippen molar-refractivity contribution in [3.63, 3.8) is 0 Å². The minimum absolute atomic E-state index is 0.154. The smallest absolute Gasteiger partial charge is 0.386 e. The summed E-state index contributed by atoms with van der Waals surface area (Å²) in [4.78, 5) is 26.0. The molecule has 3 aliphatic heterocycles. The fraction of sp³-hybridized carbons (Fsp3) is 0.500. The lowest BCUT2D eigenvalue weighted by Crippen LogP contribution is -2.39. The van der Waals surface area contributed by atoms with Gasteiger partial charge in [0.15, 0.2) is 28.4 Å². The number of nitrogens with zero attached hydrogens (tertiary/aromatic N) is 5. The van der Waals surface area contributed by atoms with Crippen molar-refractivity contribution in [2.24, 2.45) is 0 Å². The van der Waals surface area contributed by atoms with Crippen LogP contribution in [0.4, 0.5) is 5.82 Å². The fourth-order valence-corrected chi connectivity index (χ4v) is 6.75. The van der Waals surface area contributed by atoms with Crippen molar-refractivity contribution >= 4 is 36.6 Å². The van der Waals surface area contributed by atoms with Gasteiger partial charge in [-0.1, -0.05) is 42.1 Å². The van der Waals surface area contributed by atoms with E-state index in [1.165, 1.54) is 24.5 Å². The molecule has 35 heavy (non-hydrogen) atoms. The number of imidazole rings is 1. The van der Waals surface area contributed by atoms with Gasteiger partial charge >= 0.3 is 7.82 Å². The van der Waals surface area contributed by atoms with Crippen LogP contribution in [0.25, 0.3) is 11.2 Å². The van der Waals surface area contributed by atoms with E-state index >= 15 is 0 Å². The number of benzene rings is 1. The molecule has 0 saturated carbocycles. The van der Waals surface area contributed by atoms with E-state index in [0.717, 1.165) is 37.3 Å². The van der Waals surface area contributed by atoms with Crippen molar-refractivity contribution in [3.05, 3.63) is 42.2 Å². The average Bonchev–Trinajstić information content (AvgIpc) is 3.40. The highest BCUT2D eigenvalue weighted by atomic mass is 32.2. The molecule has 6 rings (SSSR count). The lowest BCUT2D eigenvalue weighted by molar-refractivity contribution is -0.0684. The van der Waals surface area contributed by atoms with Gasteiger partial charge in [-0.05, 0) is 24.8 Å². The quantitative estimate of drug-likeness (QED) is 0.381. The molecule has 0 spiro atoms. The maximum atomic E-state index is 12.0. The van der Waals surface area contributed by atoms with E-state index < -0.39 is 32.4 Å². The zero-order valence-corrected chi connectivity index (χ0v) is 20.6. The molecule has 5 heterocycles. The van der Waals surface area contributed by atoms with Crippen LogP contribution in [0, 0.1) is 0 Å². The number of aromatic nitrogens is 4. The molecule has 0 aliphatic carbocycles. The van der Waals surface area contributed by atoms with Gasteiger partial charge in [0.05, 0.1) is 6.61 Å². The highest BCUT2D eigenvalue weighted by Crippen LogP contribution is 2.53. The number of fused-ring (bicyclic) bond motifs is 2. The number of ether oxygens (including phenoxy) is 1. The van der Waals surface area contributed by atoms with Crippen LogP contribution in [-0.2, 0) is 24.1 Å². The van der Waals surface area contributed by atoms with Crippen LogP contribution in [0.2, 0.25) is 0 Å². The van der Waals surface area contributed by atoms with E-state index in [-0.39, 0.29) is 6.61 Å². The van der Waals surface area contributed by atoms with Gasteiger partial charge in [0.2, 0.25) is 0 Å². The van der Waals surface area contributed by atoms with Crippen molar-refractivity contribution in [1.29, 1.82) is 0 Å². The van der Waals surface area contributed by atoms with Crippen molar-refractivity contribution in [1.82, 2.24) is 19.5 Å². The first-order valence-electron chi connectivity index (χ1n) is 11.6. The summed E-state index contributed by atoms with van der Waals surface area (Å²) in [5.41, 5.74) is 2.30. The number of aliphatic hydroxyl groups excluding tert-OH is 1. The summed E-state index contributed by atoms with van der Waals surface area (Å²) < 4.78 is 29.9. The SMILES string of the molecule is O=P1(O)OC[C@H]2O[C@@H](n3c(SCc4ccccc4)nc4c(N5CCCCC5)ncnc43)[C@H](O)[C@@H]2O1. The Labute approximate surface area is 206 Å². The van der Waals surface area contributed by atoms with Crippen LogP contribution in [0.1, 0.15) is 31.1 Å². The first-order valence-corrected chi connectivity index (χ1v) is 14.1. The molecule has 3 saturated heterocycles. The topological polar surface area (TPSA) is 132 Å². The molecule has 1 unspecified atom stereocenters. The third-order valence-electron chi connectivity index (χ3n) is 6.51. The van der Waals surface area contributed by atoms with E-state index in [2.05, 4.69) is 14.9 Å². The molecule has 0 bridgehead atoms. The minimum atomic E-state index is -4.24. The summed E-state index contributed by atoms with van der Waals surface area (Å²) in [6, 6.07) is 10.0. The number of hydrogen-bond donors (Lipinski definition) is 2. The second-order valence-electron chi connectivity index (χ2n) is 8.85. The molecule has 2 N–H and O–H groups in total. The molecule has 11 nitrogen and oxygen atoms in total. The normalized spacial score (nSPS) is 31.1. The number of piperidine rings is 1. The summed E-state index contributed by atoms with van der Waals surface area (Å²) in [7, 11) is -4.24. The Morgan fingerprint density at radius 2 is 1.94 bits per heavy atom. The molecule has 3 aliphatic rings. The number of thioether (sulfide) groups is 1. The van der Waals surface area contributed by atoms with Gasteiger partial charge < -0.3 is 19.6 Å². The Morgan fingerprint density at radius 3 is 2.74 bits per heavy atom. The molecule has 3 aromatic rings. The highest BCUT2D eigenvalue weighted by molar-refractivity contribution is 7.98. The Morgan fingerprint density at radius 1 is 1.14 bits per heavy atom. The highest BCUT2D eigenvalue weighted by Gasteiger charge is 2.53. The number of rotatable bonds is 5. The van der Waals surface area contributed by atoms with E-state index in [0.29, 0.717) is 22.1 Å². The van der Waals surface area contributed by atoms with E-state index in [9.17, 15) is 14.6 Å². The van der Waals surface area contributed by atoms with Gasteiger partial charge in [0.25, 0.3) is 0 Å². The summed E-state index contributed by atoms with van der Waals surface area (Å²) in [6.07, 6.45) is 1.05. The Hall–Kier alpha value is -2.05. The summed E-state index contributed by atoms with van der Waals surface area (Å²) >= 11 is 1.50. The molecular weight excluding hydrogens is 493 g/mol. The largest absolute Gasteiger partial charge is 0.472 e. The maximum absolute atomic E-state index is 12.0. The van der Waals surface area contributed by atoms with Gasteiger partial charge in [-0.2, -0.15) is 0 Å². The molecule has 1 aromatic carbocycles. The molecule has 13 heteroatoms. The Bertz CT molecular complexity index is 1260. The maximum Gasteiger partial charge on any atom is 0.472 e. The fourth-order valence-electron chi connectivity index (χ4n) is 4.82. The Balaban J connectivity index is 1.41. The number of phosphoric ester groups is 1. The predicted molar refractivity (Wildman–Crippen MR) is 128 cm³/mol. The van der Waals surface area contributed by atoms with E-state index in [1.807, 2.05) is 30.3 Å². The number of aliphatic hydroxyl groups is 1. The lowest BCUT2D eigenvalue weighted by Gasteiger charge is -2.28. The zero-order chi connectivity index (χ0) is 24.0. The number of phosphoric acid groups is 1. The number of anilines is 1. The van der Waals surface area contributed by atoms with Crippen molar-refractivity contribution < 1.29 is 28.3 Å². The van der Waals surface area contributed by atoms with Crippen LogP contribution in [0.5, 0.6) is 0 Å². The van der Waals surface area contributed by atoms with Crippen molar-refractivity contribution in [2.75, 3.05) is 24.6 Å². The minimum Gasteiger partial charge on any atom is -0.386 e. The number of hydrogen-bond acceptors (Lipinski definition) is 10. The standard InChI is InChI=1S/C22H26N5O6PS/c28-17-18-15(11-31-34(29,30)33-18)32-21(17)27-20-16(19(23-13-24-20)26-9-5-2-6-10-26)25-22(27)35-12-14-7-3-1-4-8-14/h1,3-4,7-8,13,15,17-18,21,28H,2,5-6,9-12H2,(H,29,30)/t15-,17-,18-,21-/m1/s1. The Kier molecular flexibility index (Phi) is 6.30. The predicted octanol–water partition coefficient (Wildman–Crippen LogP) is 2.88. The van der Waals surface area contributed by atoms with E-state index in [1.54, 1.807) is 4.57 Å². The van der Waals surface area contributed by atoms with Crippen LogP contribution in [-0.4, -0.2) is 67.5 Å². The molecule has 5 atom stereocenters. The average molecular weight is 520 g/mol. The monoisotopic (exact) mass is 519 g/mol. The lowest BCUT2D eigenvalue weighted by atomic mass is 10.1. The second kappa shape index (κ2) is 9.44. The van der Waals surface area contributed by atoms with Gasteiger partial charge in [-0.3, -0.25) is 13.6 Å². The molecule has 186 valence electrons. The summed E-state index contributed by atoms with van der Waals surface area (Å²) in [6.45, 7) is 1.64. The third kappa shape index (κ3) is 4.48. The first kappa shape index (κ1) is 23.4. The zero-order valence-electron chi connectivity index (χ0n) is 18.8. The molecule has 3 fully saturated rings. The van der Waals surface area contributed by atoms with E-state index in [4.69, 9.17) is 18.8 Å². The van der Waals surface area contributed by atoms with Crippen LogP contribution in [0.3, 0.4) is 0 Å². The third-order valence-corrected chi connectivity index (χ3v) is 8.52. The molecule has 0 amide bonds. The molecule has 0 radical (unpaired) electrons. The van der Waals surface area contributed by atoms with Crippen LogP contribution in [0.15, 0.2) is 41.8 Å². The van der Waals surface area contributed by atoms with Crippen molar-refractivity contribution in [3.8, 4) is 0 Å². The molecule has 2 aromatic heterocycles. The second-order valence-corrected chi connectivity index (χ2v) is 11.2. The summed E-state index contributed by atoms with van der Waals surface area (Å²) in [5.74, 6) is 1.41. The van der Waals surface area contributed by atoms with Crippen molar-refractivity contribution in [2.45, 2.75) is 54.7 Å². The van der Waals surface area contributed by atoms with Gasteiger partial charge in [0, 0.05) is 18.8 Å². The van der Waals surface area contributed by atoms with Gasteiger partial charge in [-0.25, -0.2) is 19.5 Å². The summed E-state index contributed by atoms with van der Waals surface area (Å²) in [5, 5.41) is 11.7. The van der Waals surface area contributed by atoms with Gasteiger partial charge in [0.1, 0.15) is 24.6 Å². The first-order chi connectivity index (χ1) is 17.0. The van der Waals surface area contributed by atoms with Crippen LogP contribution >= 0.6 is 19.6 Å². The molecular formula is C22H26N5O6PS.